The molecule has 0 radical (unpaired) electrons. The van der Waals surface area contributed by atoms with Gasteiger partial charge in [0.25, 0.3) is 0 Å². The van der Waals surface area contributed by atoms with Crippen LogP contribution in [0.5, 0.6) is 0 Å². The van der Waals surface area contributed by atoms with E-state index in [0.717, 1.165) is 4.90 Å². The monoisotopic (exact) mass is 325 g/mol. The molecule has 2 aromatic carbocycles. The van der Waals surface area contributed by atoms with E-state index in [1.807, 2.05) is 30.5 Å². The van der Waals surface area contributed by atoms with Crippen LogP contribution in [0.3, 0.4) is 0 Å². The summed E-state index contributed by atoms with van der Waals surface area (Å²) in [6.07, 6.45) is 3.58. The number of thioether (sulfide) groups is 1. The smallest absolute Gasteiger partial charge is 0.160 e. The maximum Gasteiger partial charge on any atom is 0.160 e. The van der Waals surface area contributed by atoms with Crippen molar-refractivity contribution in [3.63, 3.8) is 0 Å². The van der Waals surface area contributed by atoms with Crippen LogP contribution in [0.1, 0.15) is 16.8 Å². The molecule has 1 N–H and O–H groups in total. The molecule has 1 aromatic heterocycles. The lowest BCUT2D eigenvalue weighted by atomic mass is 9.83. The Bertz CT molecular complexity index is 809. The number of halogens is 1. The van der Waals surface area contributed by atoms with Crippen LogP contribution in [0, 0.1) is 5.82 Å². The van der Waals surface area contributed by atoms with Crippen LogP contribution in [-0.2, 0) is 5.60 Å². The van der Waals surface area contributed by atoms with Crippen LogP contribution in [0.25, 0.3) is 0 Å². The van der Waals surface area contributed by atoms with Crippen LogP contribution in [0.2, 0.25) is 0 Å². The standard InChI is InChI=1S/C19H16FNOS/c1-23-15-11-12-21-18(13-15)19(22,14-7-3-2-4-8-14)16-9-5-6-10-17(16)20/h2-13,22H,1H3. The number of hydrogen-bond donors (Lipinski definition) is 1. The molecule has 0 fully saturated rings. The summed E-state index contributed by atoms with van der Waals surface area (Å²) in [5.41, 5.74) is -0.466. The molecule has 1 unspecified atom stereocenters. The lowest BCUT2D eigenvalue weighted by Crippen LogP contribution is -2.31. The van der Waals surface area contributed by atoms with Crippen molar-refractivity contribution in [3.8, 4) is 0 Å². The third-order valence-corrected chi connectivity index (χ3v) is 4.52. The van der Waals surface area contributed by atoms with E-state index in [0.29, 0.717) is 11.3 Å². The summed E-state index contributed by atoms with van der Waals surface area (Å²) in [7, 11) is 0. The first-order chi connectivity index (χ1) is 11.2. The Balaban J connectivity index is 2.28. The molecule has 0 aliphatic carbocycles. The summed E-state index contributed by atoms with van der Waals surface area (Å²) >= 11 is 1.55. The number of aromatic nitrogens is 1. The highest BCUT2D eigenvalue weighted by Gasteiger charge is 2.37. The molecule has 0 spiro atoms. The third-order valence-electron chi connectivity index (χ3n) is 3.79. The molecule has 0 aliphatic rings. The highest BCUT2D eigenvalue weighted by atomic mass is 32.2. The maximum atomic E-state index is 14.4. The van der Waals surface area contributed by atoms with Gasteiger partial charge in [0.1, 0.15) is 5.82 Å². The van der Waals surface area contributed by atoms with Crippen LogP contribution >= 0.6 is 11.8 Å². The molecular formula is C19H16FNOS. The van der Waals surface area contributed by atoms with Gasteiger partial charge in [-0.1, -0.05) is 48.5 Å². The van der Waals surface area contributed by atoms with E-state index in [4.69, 9.17) is 0 Å². The van der Waals surface area contributed by atoms with E-state index in [1.54, 1.807) is 54.4 Å². The lowest BCUT2D eigenvalue weighted by Gasteiger charge is -2.29. The zero-order valence-electron chi connectivity index (χ0n) is 12.6. The van der Waals surface area contributed by atoms with E-state index < -0.39 is 11.4 Å². The van der Waals surface area contributed by atoms with E-state index in [9.17, 15) is 9.50 Å². The number of nitrogens with zero attached hydrogens (tertiary/aromatic N) is 1. The number of hydrogen-bond acceptors (Lipinski definition) is 3. The van der Waals surface area contributed by atoms with Crippen molar-refractivity contribution in [2.24, 2.45) is 0 Å². The fourth-order valence-corrected chi connectivity index (χ4v) is 3.04. The number of aliphatic hydroxyl groups is 1. The second kappa shape index (κ2) is 6.52. The number of rotatable bonds is 4. The summed E-state index contributed by atoms with van der Waals surface area (Å²) < 4.78 is 14.4. The van der Waals surface area contributed by atoms with Crippen LogP contribution in [-0.4, -0.2) is 16.3 Å². The molecule has 4 heteroatoms. The van der Waals surface area contributed by atoms with Crippen molar-refractivity contribution >= 4 is 11.8 Å². The summed E-state index contributed by atoms with van der Waals surface area (Å²) in [6.45, 7) is 0. The van der Waals surface area contributed by atoms with E-state index in [1.165, 1.54) is 6.07 Å². The Morgan fingerprint density at radius 1 is 1.00 bits per heavy atom. The minimum absolute atomic E-state index is 0.192. The van der Waals surface area contributed by atoms with Gasteiger partial charge in [-0.3, -0.25) is 4.98 Å². The molecule has 0 saturated carbocycles. The van der Waals surface area contributed by atoms with Crippen molar-refractivity contribution in [1.29, 1.82) is 0 Å². The molecule has 2 nitrogen and oxygen atoms in total. The van der Waals surface area contributed by atoms with Crippen LogP contribution < -0.4 is 0 Å². The summed E-state index contributed by atoms with van der Waals surface area (Å²) in [4.78, 5) is 5.28. The van der Waals surface area contributed by atoms with Crippen molar-refractivity contribution < 1.29 is 9.50 Å². The summed E-state index contributed by atoms with van der Waals surface area (Å²) in [6, 6.07) is 19.0. The van der Waals surface area contributed by atoms with Crippen molar-refractivity contribution in [2.45, 2.75) is 10.5 Å². The number of pyridine rings is 1. The SMILES string of the molecule is CSc1ccnc(C(O)(c2ccccc2)c2ccccc2F)c1. The first kappa shape index (κ1) is 15.7. The third kappa shape index (κ3) is 2.87. The Labute approximate surface area is 139 Å². The van der Waals surface area contributed by atoms with Crippen LogP contribution in [0.15, 0.2) is 77.8 Å². The van der Waals surface area contributed by atoms with Crippen molar-refractivity contribution in [3.05, 3.63) is 95.6 Å². The average molecular weight is 325 g/mol. The van der Waals surface area contributed by atoms with E-state index >= 15 is 0 Å². The summed E-state index contributed by atoms with van der Waals surface area (Å²) in [5.74, 6) is -0.463. The Morgan fingerprint density at radius 3 is 2.39 bits per heavy atom. The molecule has 1 atom stereocenters. The van der Waals surface area contributed by atoms with Gasteiger partial charge in [-0.15, -0.1) is 11.8 Å². The zero-order valence-corrected chi connectivity index (χ0v) is 13.4. The lowest BCUT2D eigenvalue weighted by molar-refractivity contribution is 0.116. The molecule has 3 aromatic rings. The predicted octanol–water partition coefficient (Wildman–Crippen LogP) is 4.23. The Hall–Kier alpha value is -2.17. The van der Waals surface area contributed by atoms with Gasteiger partial charge in [-0.2, -0.15) is 0 Å². The zero-order chi connectivity index (χ0) is 16.3. The van der Waals surface area contributed by atoms with Gasteiger partial charge >= 0.3 is 0 Å². The van der Waals surface area contributed by atoms with Gasteiger partial charge in [0.2, 0.25) is 0 Å². The molecule has 0 aliphatic heterocycles. The second-order valence-electron chi connectivity index (χ2n) is 5.14. The minimum Gasteiger partial charge on any atom is -0.374 e. The fourth-order valence-electron chi connectivity index (χ4n) is 2.61. The molecule has 0 amide bonds. The molecular weight excluding hydrogens is 309 g/mol. The van der Waals surface area contributed by atoms with Gasteiger partial charge in [0, 0.05) is 16.7 Å². The maximum absolute atomic E-state index is 14.4. The second-order valence-corrected chi connectivity index (χ2v) is 6.02. The normalized spacial score (nSPS) is 13.5. The Kier molecular flexibility index (Phi) is 4.46. The van der Waals surface area contributed by atoms with E-state index in [2.05, 4.69) is 4.98 Å². The topological polar surface area (TPSA) is 33.1 Å². The first-order valence-corrected chi connectivity index (χ1v) is 8.42. The van der Waals surface area contributed by atoms with Gasteiger partial charge in [-0.25, -0.2) is 4.39 Å². The van der Waals surface area contributed by atoms with Gasteiger partial charge < -0.3 is 5.11 Å². The highest BCUT2D eigenvalue weighted by molar-refractivity contribution is 7.98. The van der Waals surface area contributed by atoms with Gasteiger partial charge in [-0.05, 0) is 30.0 Å². The van der Waals surface area contributed by atoms with Crippen LogP contribution in [0.4, 0.5) is 4.39 Å². The molecule has 3 rings (SSSR count). The first-order valence-electron chi connectivity index (χ1n) is 7.19. The molecule has 1 heterocycles. The predicted molar refractivity (Wildman–Crippen MR) is 91.0 cm³/mol. The molecule has 0 saturated heterocycles. The van der Waals surface area contributed by atoms with Crippen molar-refractivity contribution in [2.75, 3.05) is 6.26 Å². The van der Waals surface area contributed by atoms with Crippen molar-refractivity contribution in [1.82, 2.24) is 4.98 Å². The summed E-state index contributed by atoms with van der Waals surface area (Å²) in [5, 5.41) is 11.5. The Morgan fingerprint density at radius 2 is 1.70 bits per heavy atom. The fraction of sp³-hybridized carbons (Fsp3) is 0.105. The average Bonchev–Trinajstić information content (AvgIpc) is 2.62. The quantitative estimate of drug-likeness (QED) is 0.729. The van der Waals surface area contributed by atoms with Gasteiger partial charge in [0.15, 0.2) is 5.60 Å². The van der Waals surface area contributed by atoms with E-state index in [-0.39, 0.29) is 5.56 Å². The molecule has 23 heavy (non-hydrogen) atoms. The minimum atomic E-state index is -1.64. The largest absolute Gasteiger partial charge is 0.374 e. The molecule has 116 valence electrons. The molecule has 0 bridgehead atoms. The number of benzene rings is 2. The highest BCUT2D eigenvalue weighted by Crippen LogP contribution is 2.37. The van der Waals surface area contributed by atoms with Gasteiger partial charge in [0.05, 0.1) is 5.69 Å².